The summed E-state index contributed by atoms with van der Waals surface area (Å²) in [6.45, 7) is 0.523. The van der Waals surface area contributed by atoms with E-state index in [1.807, 2.05) is 12.1 Å². The fourth-order valence-corrected chi connectivity index (χ4v) is 3.18. The first-order valence-corrected chi connectivity index (χ1v) is 8.21. The molecule has 6 heteroatoms. The van der Waals surface area contributed by atoms with Gasteiger partial charge >= 0.3 is 0 Å². The predicted molar refractivity (Wildman–Crippen MR) is 95.8 cm³/mol. The number of amides is 1. The molecule has 2 aromatic carbocycles. The standard InChI is InChI=1S/C20H16FN3O2/c1-26-16-3-5-19-14(8-16)6-7-24(19)20(25)17-4-2-13(9-18(17)21)15-10-22-12-23-11-15/h2-5,8-12H,6-7H2,1H3. The SMILES string of the molecule is COc1ccc2c(c1)CCN2C(=O)c1ccc(-c2cncnc2)cc1F. The van der Waals surface area contributed by atoms with Gasteiger partial charge in [0.25, 0.3) is 5.91 Å². The topological polar surface area (TPSA) is 55.3 Å². The van der Waals surface area contributed by atoms with Gasteiger partial charge < -0.3 is 9.64 Å². The molecular weight excluding hydrogens is 333 g/mol. The van der Waals surface area contributed by atoms with Crippen LogP contribution in [0.4, 0.5) is 10.1 Å². The van der Waals surface area contributed by atoms with Crippen molar-refractivity contribution in [1.82, 2.24) is 9.97 Å². The minimum Gasteiger partial charge on any atom is -0.497 e. The molecule has 1 amide bonds. The van der Waals surface area contributed by atoms with E-state index in [9.17, 15) is 9.18 Å². The largest absolute Gasteiger partial charge is 0.497 e. The summed E-state index contributed by atoms with van der Waals surface area (Å²) in [6.07, 6.45) is 5.34. The second kappa shape index (κ2) is 6.55. The lowest BCUT2D eigenvalue weighted by molar-refractivity contribution is 0.0985. The number of halogens is 1. The summed E-state index contributed by atoms with van der Waals surface area (Å²) in [6, 6.07) is 10.1. The van der Waals surface area contributed by atoms with Crippen molar-refractivity contribution in [2.24, 2.45) is 0 Å². The maximum atomic E-state index is 14.6. The van der Waals surface area contributed by atoms with Crippen molar-refractivity contribution in [2.75, 3.05) is 18.6 Å². The maximum Gasteiger partial charge on any atom is 0.261 e. The number of nitrogens with zero attached hydrogens (tertiary/aromatic N) is 3. The zero-order chi connectivity index (χ0) is 18.1. The lowest BCUT2D eigenvalue weighted by Crippen LogP contribution is -2.29. The minimum absolute atomic E-state index is 0.0502. The van der Waals surface area contributed by atoms with Gasteiger partial charge in [-0.3, -0.25) is 4.79 Å². The molecule has 1 aromatic heterocycles. The number of benzene rings is 2. The molecule has 5 nitrogen and oxygen atoms in total. The minimum atomic E-state index is -0.557. The Morgan fingerprint density at radius 2 is 1.92 bits per heavy atom. The molecule has 0 spiro atoms. The Balaban J connectivity index is 1.64. The molecule has 1 aliphatic heterocycles. The van der Waals surface area contributed by atoms with Crippen LogP contribution in [0.3, 0.4) is 0 Å². The van der Waals surface area contributed by atoms with Crippen molar-refractivity contribution < 1.29 is 13.9 Å². The Hall–Kier alpha value is -3.28. The van der Waals surface area contributed by atoms with Crippen LogP contribution in [-0.4, -0.2) is 29.5 Å². The van der Waals surface area contributed by atoms with Crippen LogP contribution in [0.25, 0.3) is 11.1 Å². The highest BCUT2D eigenvalue weighted by Gasteiger charge is 2.27. The number of ether oxygens (including phenoxy) is 1. The third kappa shape index (κ3) is 2.79. The fraction of sp³-hybridized carbons (Fsp3) is 0.150. The summed E-state index contributed by atoms with van der Waals surface area (Å²) in [5.41, 5.74) is 3.20. The number of carbonyl (C=O) groups excluding carboxylic acids is 1. The molecule has 0 N–H and O–H groups in total. The molecule has 0 aliphatic carbocycles. The van der Waals surface area contributed by atoms with Gasteiger partial charge in [0.1, 0.15) is 17.9 Å². The van der Waals surface area contributed by atoms with Gasteiger partial charge in [-0.1, -0.05) is 6.07 Å². The third-order valence-corrected chi connectivity index (χ3v) is 4.52. The maximum absolute atomic E-state index is 14.6. The molecule has 0 unspecified atom stereocenters. The van der Waals surface area contributed by atoms with Crippen LogP contribution >= 0.6 is 0 Å². The van der Waals surface area contributed by atoms with Crippen LogP contribution in [0, 0.1) is 5.82 Å². The van der Waals surface area contributed by atoms with E-state index < -0.39 is 5.82 Å². The molecule has 0 saturated carbocycles. The summed E-state index contributed by atoms with van der Waals surface area (Å²) < 4.78 is 19.8. The van der Waals surface area contributed by atoms with Crippen molar-refractivity contribution in [3.8, 4) is 16.9 Å². The van der Waals surface area contributed by atoms with E-state index in [0.29, 0.717) is 17.7 Å². The number of aromatic nitrogens is 2. The highest BCUT2D eigenvalue weighted by atomic mass is 19.1. The first-order valence-electron chi connectivity index (χ1n) is 8.21. The highest BCUT2D eigenvalue weighted by Crippen LogP contribution is 2.33. The van der Waals surface area contributed by atoms with Crippen LogP contribution in [0.5, 0.6) is 5.75 Å². The van der Waals surface area contributed by atoms with Crippen LogP contribution in [0.15, 0.2) is 55.1 Å². The Labute approximate surface area is 150 Å². The van der Waals surface area contributed by atoms with Crippen molar-refractivity contribution in [3.05, 3.63) is 72.1 Å². The van der Waals surface area contributed by atoms with E-state index in [0.717, 1.165) is 23.4 Å². The van der Waals surface area contributed by atoms with E-state index in [4.69, 9.17) is 4.74 Å². The number of anilines is 1. The van der Waals surface area contributed by atoms with Crippen LogP contribution < -0.4 is 9.64 Å². The summed E-state index contributed by atoms with van der Waals surface area (Å²) in [7, 11) is 1.61. The zero-order valence-electron chi connectivity index (χ0n) is 14.1. The number of hydrogen-bond acceptors (Lipinski definition) is 4. The Kier molecular flexibility index (Phi) is 4.08. The molecular formula is C20H16FN3O2. The van der Waals surface area contributed by atoms with E-state index in [1.165, 1.54) is 18.5 Å². The average molecular weight is 349 g/mol. The number of hydrogen-bond donors (Lipinski definition) is 0. The molecule has 4 rings (SSSR count). The van der Waals surface area contributed by atoms with Crippen molar-refractivity contribution in [2.45, 2.75) is 6.42 Å². The van der Waals surface area contributed by atoms with Gasteiger partial charge in [-0.25, -0.2) is 14.4 Å². The molecule has 130 valence electrons. The van der Waals surface area contributed by atoms with E-state index in [1.54, 1.807) is 36.5 Å². The first kappa shape index (κ1) is 16.2. The van der Waals surface area contributed by atoms with Gasteiger partial charge in [-0.15, -0.1) is 0 Å². The second-order valence-corrected chi connectivity index (χ2v) is 6.02. The number of rotatable bonds is 3. The molecule has 26 heavy (non-hydrogen) atoms. The zero-order valence-corrected chi connectivity index (χ0v) is 14.1. The molecule has 3 aromatic rings. The monoisotopic (exact) mass is 349 g/mol. The summed E-state index contributed by atoms with van der Waals surface area (Å²) in [4.78, 5) is 22.3. The molecule has 1 aliphatic rings. The van der Waals surface area contributed by atoms with Gasteiger partial charge in [-0.05, 0) is 47.9 Å². The first-order chi connectivity index (χ1) is 12.7. The Morgan fingerprint density at radius 1 is 1.12 bits per heavy atom. The molecule has 0 atom stereocenters. The lowest BCUT2D eigenvalue weighted by Gasteiger charge is -2.18. The Bertz CT molecular complexity index is 976. The van der Waals surface area contributed by atoms with Crippen LogP contribution in [-0.2, 0) is 6.42 Å². The highest BCUT2D eigenvalue weighted by molar-refractivity contribution is 6.07. The van der Waals surface area contributed by atoms with Crippen LogP contribution in [0.2, 0.25) is 0 Å². The molecule has 0 saturated heterocycles. The van der Waals surface area contributed by atoms with Crippen molar-refractivity contribution in [1.29, 1.82) is 0 Å². The summed E-state index contributed by atoms with van der Waals surface area (Å²) >= 11 is 0. The number of methoxy groups -OCH3 is 1. The van der Waals surface area contributed by atoms with Gasteiger partial charge in [0.15, 0.2) is 0 Å². The van der Waals surface area contributed by atoms with Crippen molar-refractivity contribution in [3.63, 3.8) is 0 Å². The normalized spacial score (nSPS) is 12.8. The Morgan fingerprint density at radius 3 is 2.65 bits per heavy atom. The molecule has 2 heterocycles. The van der Waals surface area contributed by atoms with E-state index in [2.05, 4.69) is 9.97 Å². The third-order valence-electron chi connectivity index (χ3n) is 4.52. The van der Waals surface area contributed by atoms with Gasteiger partial charge in [-0.2, -0.15) is 0 Å². The fourth-order valence-electron chi connectivity index (χ4n) is 3.18. The second-order valence-electron chi connectivity index (χ2n) is 6.02. The quantitative estimate of drug-likeness (QED) is 0.726. The smallest absolute Gasteiger partial charge is 0.261 e. The van der Waals surface area contributed by atoms with Gasteiger partial charge in [0.05, 0.1) is 12.7 Å². The van der Waals surface area contributed by atoms with E-state index >= 15 is 0 Å². The molecule has 0 bridgehead atoms. The van der Waals surface area contributed by atoms with Crippen LogP contribution in [0.1, 0.15) is 15.9 Å². The van der Waals surface area contributed by atoms with Gasteiger partial charge in [0, 0.05) is 30.2 Å². The predicted octanol–water partition coefficient (Wildman–Crippen LogP) is 3.49. The average Bonchev–Trinajstić information content (AvgIpc) is 3.11. The molecule has 0 fully saturated rings. The lowest BCUT2D eigenvalue weighted by atomic mass is 10.1. The summed E-state index contributed by atoms with van der Waals surface area (Å²) in [5, 5.41) is 0. The summed E-state index contributed by atoms with van der Waals surface area (Å²) in [5.74, 6) is -0.153. The molecule has 0 radical (unpaired) electrons. The van der Waals surface area contributed by atoms with Gasteiger partial charge in [0.2, 0.25) is 0 Å². The number of carbonyl (C=O) groups is 1. The van der Waals surface area contributed by atoms with E-state index in [-0.39, 0.29) is 11.5 Å². The van der Waals surface area contributed by atoms with Crippen molar-refractivity contribution >= 4 is 11.6 Å². The number of fused-ring (bicyclic) bond motifs is 1.